The lowest BCUT2D eigenvalue weighted by Gasteiger charge is -2.10. The molecule has 0 aromatic heterocycles. The first-order chi connectivity index (χ1) is 8.36. The second-order valence-corrected chi connectivity index (χ2v) is 4.30. The lowest BCUT2D eigenvalue weighted by Crippen LogP contribution is -2.04. The van der Waals surface area contributed by atoms with E-state index in [0.29, 0.717) is 11.6 Å². The van der Waals surface area contributed by atoms with E-state index in [-0.39, 0.29) is 0 Å². The summed E-state index contributed by atoms with van der Waals surface area (Å²) in [7, 11) is 0. The Morgan fingerprint density at radius 1 is 1.12 bits per heavy atom. The Morgan fingerprint density at radius 3 is 2.71 bits per heavy atom. The van der Waals surface area contributed by atoms with E-state index >= 15 is 0 Å². The molecule has 3 rings (SSSR count). The number of nitrogens with one attached hydrogen (secondary N) is 1. The number of anilines is 1. The third kappa shape index (κ3) is 1.76. The molecule has 0 fully saturated rings. The van der Waals surface area contributed by atoms with Gasteiger partial charge in [-0.05, 0) is 29.7 Å². The Hall–Kier alpha value is -2.27. The van der Waals surface area contributed by atoms with Crippen LogP contribution in [0.25, 0.3) is 0 Å². The van der Waals surface area contributed by atoms with Crippen molar-refractivity contribution in [3.05, 3.63) is 65.2 Å². The van der Waals surface area contributed by atoms with Gasteiger partial charge in [0.05, 0.1) is 17.7 Å². The van der Waals surface area contributed by atoms with Crippen LogP contribution in [0.5, 0.6) is 0 Å². The normalized spacial score (nSPS) is 17.0. The highest BCUT2D eigenvalue weighted by Crippen LogP contribution is 2.34. The molecule has 0 bridgehead atoms. The summed E-state index contributed by atoms with van der Waals surface area (Å²) < 4.78 is 0. The van der Waals surface area contributed by atoms with Crippen molar-refractivity contribution in [1.82, 2.24) is 0 Å². The molecular formula is C15H12N2. The fourth-order valence-corrected chi connectivity index (χ4v) is 2.30. The van der Waals surface area contributed by atoms with E-state index in [0.717, 1.165) is 12.1 Å². The zero-order valence-electron chi connectivity index (χ0n) is 9.35. The van der Waals surface area contributed by atoms with Gasteiger partial charge in [-0.15, -0.1) is 0 Å². The first-order valence-corrected chi connectivity index (χ1v) is 5.71. The summed E-state index contributed by atoms with van der Waals surface area (Å²) in [4.78, 5) is 0. The van der Waals surface area contributed by atoms with E-state index < -0.39 is 0 Å². The summed E-state index contributed by atoms with van der Waals surface area (Å²) in [6.07, 6.45) is 0.991. The molecule has 17 heavy (non-hydrogen) atoms. The Morgan fingerprint density at radius 2 is 1.94 bits per heavy atom. The van der Waals surface area contributed by atoms with Crippen LogP contribution in [-0.2, 0) is 6.42 Å². The van der Waals surface area contributed by atoms with Gasteiger partial charge in [-0.25, -0.2) is 0 Å². The van der Waals surface area contributed by atoms with E-state index in [1.54, 1.807) is 0 Å². The molecule has 2 heteroatoms. The highest BCUT2D eigenvalue weighted by Gasteiger charge is 2.21. The van der Waals surface area contributed by atoms with E-state index in [1.807, 2.05) is 24.3 Å². The fraction of sp³-hybridized carbons (Fsp3) is 0.133. The number of rotatable bonds is 1. The molecule has 1 aliphatic heterocycles. The van der Waals surface area contributed by atoms with Gasteiger partial charge in [0.15, 0.2) is 0 Å². The van der Waals surface area contributed by atoms with Gasteiger partial charge in [0.25, 0.3) is 0 Å². The third-order valence-corrected chi connectivity index (χ3v) is 3.19. The number of nitriles is 1. The van der Waals surface area contributed by atoms with Crippen molar-refractivity contribution in [3.8, 4) is 6.07 Å². The summed E-state index contributed by atoms with van der Waals surface area (Å²) in [5, 5.41) is 12.3. The smallest absolute Gasteiger partial charge is 0.0992 e. The molecule has 0 aliphatic carbocycles. The van der Waals surface area contributed by atoms with E-state index in [9.17, 15) is 0 Å². The predicted octanol–water partition coefficient (Wildman–Crippen LogP) is 3.27. The molecule has 2 aromatic rings. The summed E-state index contributed by atoms with van der Waals surface area (Å²) in [6, 6.07) is 18.8. The zero-order chi connectivity index (χ0) is 11.7. The van der Waals surface area contributed by atoms with Gasteiger partial charge in [0.1, 0.15) is 0 Å². The van der Waals surface area contributed by atoms with Crippen LogP contribution in [0.3, 0.4) is 0 Å². The van der Waals surface area contributed by atoms with E-state index in [2.05, 4.69) is 35.7 Å². The summed E-state index contributed by atoms with van der Waals surface area (Å²) >= 11 is 0. The Bertz CT molecular complexity index is 582. The van der Waals surface area contributed by atoms with Gasteiger partial charge < -0.3 is 5.32 Å². The molecule has 0 amide bonds. The van der Waals surface area contributed by atoms with E-state index in [4.69, 9.17) is 5.26 Å². The molecule has 1 atom stereocenters. The van der Waals surface area contributed by atoms with Gasteiger partial charge in [0.2, 0.25) is 0 Å². The molecule has 1 N–H and O–H groups in total. The molecular weight excluding hydrogens is 208 g/mol. The monoisotopic (exact) mass is 220 g/mol. The molecule has 1 unspecified atom stereocenters. The van der Waals surface area contributed by atoms with Crippen LogP contribution in [0.1, 0.15) is 22.7 Å². The standard InChI is InChI=1S/C15H12N2/c16-10-11-6-7-13-9-15(17-14(13)8-11)12-4-2-1-3-5-12/h1-8,15,17H,9H2. The maximum atomic E-state index is 8.87. The van der Waals surface area contributed by atoms with Crippen LogP contribution < -0.4 is 5.32 Å². The lowest BCUT2D eigenvalue weighted by atomic mass is 10.0. The van der Waals surface area contributed by atoms with Crippen LogP contribution >= 0.6 is 0 Å². The molecule has 2 nitrogen and oxygen atoms in total. The maximum absolute atomic E-state index is 8.87. The van der Waals surface area contributed by atoms with Gasteiger partial charge >= 0.3 is 0 Å². The minimum Gasteiger partial charge on any atom is -0.378 e. The van der Waals surface area contributed by atoms with Gasteiger partial charge in [-0.1, -0.05) is 36.4 Å². The van der Waals surface area contributed by atoms with Crippen LogP contribution in [0.15, 0.2) is 48.5 Å². The molecule has 0 saturated heterocycles. The molecule has 1 heterocycles. The first kappa shape index (κ1) is 9.92. The van der Waals surface area contributed by atoms with Crippen molar-refractivity contribution >= 4 is 5.69 Å². The number of fused-ring (bicyclic) bond motifs is 1. The number of hydrogen-bond acceptors (Lipinski definition) is 2. The molecule has 0 radical (unpaired) electrons. The average Bonchev–Trinajstić information content (AvgIpc) is 2.82. The number of benzene rings is 2. The summed E-state index contributed by atoms with van der Waals surface area (Å²) in [5.41, 5.74) is 4.39. The molecule has 0 saturated carbocycles. The number of nitrogens with zero attached hydrogens (tertiary/aromatic N) is 1. The van der Waals surface area contributed by atoms with Gasteiger partial charge in [-0.2, -0.15) is 5.26 Å². The van der Waals surface area contributed by atoms with Crippen molar-refractivity contribution in [2.24, 2.45) is 0 Å². The topological polar surface area (TPSA) is 35.8 Å². The van der Waals surface area contributed by atoms with Gasteiger partial charge in [0, 0.05) is 5.69 Å². The Kier molecular flexibility index (Phi) is 2.31. The van der Waals surface area contributed by atoms with Gasteiger partial charge in [-0.3, -0.25) is 0 Å². The average molecular weight is 220 g/mol. The van der Waals surface area contributed by atoms with Crippen molar-refractivity contribution in [2.45, 2.75) is 12.5 Å². The van der Waals surface area contributed by atoms with Crippen LogP contribution in [0, 0.1) is 11.3 Å². The molecule has 1 aliphatic rings. The van der Waals surface area contributed by atoms with Crippen molar-refractivity contribution in [3.63, 3.8) is 0 Å². The largest absolute Gasteiger partial charge is 0.378 e. The SMILES string of the molecule is N#Cc1ccc2c(c1)NC(c1ccccc1)C2. The maximum Gasteiger partial charge on any atom is 0.0992 e. The predicted molar refractivity (Wildman–Crippen MR) is 67.7 cm³/mol. The fourth-order valence-electron chi connectivity index (χ4n) is 2.30. The first-order valence-electron chi connectivity index (χ1n) is 5.71. The molecule has 82 valence electrons. The van der Waals surface area contributed by atoms with Crippen molar-refractivity contribution in [2.75, 3.05) is 5.32 Å². The minimum atomic E-state index is 0.333. The van der Waals surface area contributed by atoms with Crippen LogP contribution in [0.4, 0.5) is 5.69 Å². The highest BCUT2D eigenvalue weighted by atomic mass is 14.9. The Labute approximate surface area is 101 Å². The molecule has 2 aromatic carbocycles. The highest BCUT2D eigenvalue weighted by molar-refractivity contribution is 5.61. The summed E-state index contributed by atoms with van der Waals surface area (Å²) in [5.74, 6) is 0. The lowest BCUT2D eigenvalue weighted by molar-refractivity contribution is 0.824. The van der Waals surface area contributed by atoms with Crippen molar-refractivity contribution < 1.29 is 0 Å². The minimum absolute atomic E-state index is 0.333. The second-order valence-electron chi connectivity index (χ2n) is 4.30. The third-order valence-electron chi connectivity index (χ3n) is 3.19. The van der Waals surface area contributed by atoms with Crippen LogP contribution in [0.2, 0.25) is 0 Å². The second kappa shape index (κ2) is 3.95. The van der Waals surface area contributed by atoms with E-state index in [1.165, 1.54) is 11.1 Å². The van der Waals surface area contributed by atoms with Crippen molar-refractivity contribution in [1.29, 1.82) is 5.26 Å². The number of hydrogen-bond donors (Lipinski definition) is 1. The summed E-state index contributed by atoms with van der Waals surface area (Å²) in [6.45, 7) is 0. The zero-order valence-corrected chi connectivity index (χ0v) is 9.35. The molecule has 0 spiro atoms. The quantitative estimate of drug-likeness (QED) is 0.800. The van der Waals surface area contributed by atoms with Crippen LogP contribution in [-0.4, -0.2) is 0 Å². The Balaban J connectivity index is 1.91.